The van der Waals surface area contributed by atoms with E-state index < -0.39 is 0 Å². The summed E-state index contributed by atoms with van der Waals surface area (Å²) in [5, 5.41) is 9.39. The van der Waals surface area contributed by atoms with Gasteiger partial charge in [-0.3, -0.25) is 0 Å². The fourth-order valence-corrected chi connectivity index (χ4v) is 2.56. The molecule has 3 rings (SSSR count). The van der Waals surface area contributed by atoms with Crippen LogP contribution in [0.5, 0.6) is 5.75 Å². The summed E-state index contributed by atoms with van der Waals surface area (Å²) >= 11 is 0. The van der Waals surface area contributed by atoms with Crippen molar-refractivity contribution in [1.82, 2.24) is 0 Å². The van der Waals surface area contributed by atoms with Gasteiger partial charge in [0.2, 0.25) is 0 Å². The van der Waals surface area contributed by atoms with Crippen molar-refractivity contribution in [3.63, 3.8) is 0 Å². The van der Waals surface area contributed by atoms with Crippen molar-refractivity contribution in [3.05, 3.63) is 101 Å². The van der Waals surface area contributed by atoms with Crippen molar-refractivity contribution in [2.45, 2.75) is 19.6 Å². The summed E-state index contributed by atoms with van der Waals surface area (Å²) < 4.78 is 6.01. The van der Waals surface area contributed by atoms with Crippen molar-refractivity contribution in [1.29, 1.82) is 0 Å². The number of hydrogen-bond acceptors (Lipinski definition) is 2. The summed E-state index contributed by atoms with van der Waals surface area (Å²) in [7, 11) is 0. The van der Waals surface area contributed by atoms with Crippen molar-refractivity contribution >= 4 is 0 Å². The molecule has 2 heteroatoms. The van der Waals surface area contributed by atoms with Crippen LogP contribution < -0.4 is 4.74 Å². The first-order valence-corrected chi connectivity index (χ1v) is 7.78. The maximum atomic E-state index is 9.39. The first kappa shape index (κ1) is 15.3. The number of ether oxygens (including phenoxy) is 1. The molecule has 0 aliphatic rings. The third kappa shape index (κ3) is 4.21. The van der Waals surface area contributed by atoms with E-state index in [-0.39, 0.29) is 6.61 Å². The van der Waals surface area contributed by atoms with Gasteiger partial charge in [-0.05, 0) is 34.4 Å². The van der Waals surface area contributed by atoms with E-state index in [1.54, 1.807) is 0 Å². The summed E-state index contributed by atoms with van der Waals surface area (Å²) in [4.78, 5) is 0. The summed E-state index contributed by atoms with van der Waals surface area (Å²) in [6.45, 7) is 0.585. The van der Waals surface area contributed by atoms with Gasteiger partial charge in [-0.25, -0.2) is 0 Å². The molecule has 116 valence electrons. The lowest BCUT2D eigenvalue weighted by Gasteiger charge is -2.13. The Kier molecular flexibility index (Phi) is 5.07. The molecule has 0 aliphatic carbocycles. The van der Waals surface area contributed by atoms with Crippen LogP contribution in [0.4, 0.5) is 0 Å². The van der Waals surface area contributed by atoms with Crippen molar-refractivity contribution in [3.8, 4) is 5.75 Å². The third-order valence-corrected chi connectivity index (χ3v) is 3.78. The molecule has 0 radical (unpaired) electrons. The first-order valence-electron chi connectivity index (χ1n) is 7.78. The number of aliphatic hydroxyl groups excluding tert-OH is 1. The molecule has 0 atom stereocenters. The van der Waals surface area contributed by atoms with Gasteiger partial charge in [0.05, 0.1) is 6.61 Å². The monoisotopic (exact) mass is 304 g/mol. The van der Waals surface area contributed by atoms with Gasteiger partial charge in [-0.15, -0.1) is 0 Å². The lowest BCUT2D eigenvalue weighted by atomic mass is 10.0. The summed E-state index contributed by atoms with van der Waals surface area (Å²) in [6.07, 6.45) is 0.790. The molecule has 0 heterocycles. The molecule has 0 spiro atoms. The number of rotatable bonds is 6. The maximum Gasteiger partial charge on any atom is 0.123 e. The topological polar surface area (TPSA) is 29.5 Å². The fraction of sp³-hybridized carbons (Fsp3) is 0.143. The molecule has 0 saturated heterocycles. The molecule has 3 aromatic rings. The molecule has 0 aromatic heterocycles. The normalized spacial score (nSPS) is 10.5. The molecule has 0 fully saturated rings. The molecule has 2 nitrogen and oxygen atoms in total. The smallest absolute Gasteiger partial charge is 0.123 e. The maximum absolute atomic E-state index is 9.39. The van der Waals surface area contributed by atoms with E-state index in [2.05, 4.69) is 24.3 Å². The second-order valence-corrected chi connectivity index (χ2v) is 5.54. The van der Waals surface area contributed by atoms with Crippen LogP contribution in [0.1, 0.15) is 22.3 Å². The van der Waals surface area contributed by atoms with Gasteiger partial charge in [0.25, 0.3) is 0 Å². The predicted molar refractivity (Wildman–Crippen MR) is 92.4 cm³/mol. The van der Waals surface area contributed by atoms with Gasteiger partial charge in [0.1, 0.15) is 12.4 Å². The van der Waals surface area contributed by atoms with Crippen LogP contribution >= 0.6 is 0 Å². The number of hydrogen-bond donors (Lipinski definition) is 1. The van der Waals surface area contributed by atoms with Gasteiger partial charge in [0, 0.05) is 6.42 Å². The highest BCUT2D eigenvalue weighted by Crippen LogP contribution is 2.24. The Morgan fingerprint density at radius 2 is 1.35 bits per heavy atom. The second kappa shape index (κ2) is 7.61. The summed E-state index contributed by atoms with van der Waals surface area (Å²) in [5.74, 6) is 0.870. The van der Waals surface area contributed by atoms with E-state index in [0.717, 1.165) is 28.9 Å². The zero-order valence-corrected chi connectivity index (χ0v) is 13.0. The SMILES string of the molecule is OCc1ccc(OCc2ccccc2)c(Cc2ccccc2)c1. The van der Waals surface area contributed by atoms with Crippen LogP contribution in [0.3, 0.4) is 0 Å². The molecule has 3 aromatic carbocycles. The van der Waals surface area contributed by atoms with Gasteiger partial charge in [0.15, 0.2) is 0 Å². The first-order chi connectivity index (χ1) is 11.3. The lowest BCUT2D eigenvalue weighted by molar-refractivity contribution is 0.280. The molecule has 0 saturated carbocycles. The molecular formula is C21H20O2. The van der Waals surface area contributed by atoms with Gasteiger partial charge in [-0.1, -0.05) is 66.7 Å². The second-order valence-electron chi connectivity index (χ2n) is 5.54. The molecule has 0 unspecified atom stereocenters. The highest BCUT2D eigenvalue weighted by Gasteiger charge is 2.07. The minimum atomic E-state index is 0.0424. The molecule has 23 heavy (non-hydrogen) atoms. The van der Waals surface area contributed by atoms with Crippen molar-refractivity contribution in [2.24, 2.45) is 0 Å². The van der Waals surface area contributed by atoms with Crippen LogP contribution in [-0.4, -0.2) is 5.11 Å². The van der Waals surface area contributed by atoms with Crippen LogP contribution in [0.15, 0.2) is 78.9 Å². The van der Waals surface area contributed by atoms with Crippen LogP contribution in [0, 0.1) is 0 Å². The Bertz CT molecular complexity index is 736. The Morgan fingerprint density at radius 3 is 2.00 bits per heavy atom. The Balaban J connectivity index is 1.81. The summed E-state index contributed by atoms with van der Waals surface area (Å²) in [5.41, 5.74) is 4.37. The van der Waals surface area contributed by atoms with E-state index in [1.807, 2.05) is 54.6 Å². The van der Waals surface area contributed by atoms with Gasteiger partial charge < -0.3 is 9.84 Å². The van der Waals surface area contributed by atoms with Crippen LogP contribution in [0.2, 0.25) is 0 Å². The minimum absolute atomic E-state index is 0.0424. The van der Waals surface area contributed by atoms with E-state index in [0.29, 0.717) is 6.61 Å². The quantitative estimate of drug-likeness (QED) is 0.733. The van der Waals surface area contributed by atoms with E-state index in [1.165, 1.54) is 5.56 Å². The van der Waals surface area contributed by atoms with Gasteiger partial charge in [-0.2, -0.15) is 0 Å². The summed E-state index contributed by atoms with van der Waals surface area (Å²) in [6, 6.07) is 26.3. The molecule has 0 amide bonds. The van der Waals surface area contributed by atoms with Gasteiger partial charge >= 0.3 is 0 Å². The zero-order valence-electron chi connectivity index (χ0n) is 13.0. The Morgan fingerprint density at radius 1 is 0.696 bits per heavy atom. The standard InChI is InChI=1S/C21H20O2/c22-15-19-11-12-21(23-16-18-9-5-2-6-10-18)20(14-19)13-17-7-3-1-4-8-17/h1-12,14,22H,13,15-16H2. The zero-order chi connectivity index (χ0) is 15.9. The molecule has 0 bridgehead atoms. The molecule has 1 N–H and O–H groups in total. The van der Waals surface area contributed by atoms with E-state index >= 15 is 0 Å². The van der Waals surface area contributed by atoms with E-state index in [9.17, 15) is 5.11 Å². The average molecular weight is 304 g/mol. The van der Waals surface area contributed by atoms with Crippen LogP contribution in [-0.2, 0) is 19.6 Å². The average Bonchev–Trinajstić information content (AvgIpc) is 2.62. The largest absolute Gasteiger partial charge is 0.489 e. The lowest BCUT2D eigenvalue weighted by Crippen LogP contribution is -2.00. The van der Waals surface area contributed by atoms with Crippen LogP contribution in [0.25, 0.3) is 0 Å². The molecular weight excluding hydrogens is 284 g/mol. The van der Waals surface area contributed by atoms with Crippen molar-refractivity contribution < 1.29 is 9.84 Å². The highest BCUT2D eigenvalue weighted by atomic mass is 16.5. The number of benzene rings is 3. The van der Waals surface area contributed by atoms with E-state index in [4.69, 9.17) is 4.74 Å². The number of aliphatic hydroxyl groups is 1. The third-order valence-electron chi connectivity index (χ3n) is 3.78. The van der Waals surface area contributed by atoms with Crippen molar-refractivity contribution in [2.75, 3.05) is 0 Å². The molecule has 0 aliphatic heterocycles. The fourth-order valence-electron chi connectivity index (χ4n) is 2.56. The highest BCUT2D eigenvalue weighted by molar-refractivity contribution is 5.40. The predicted octanol–water partition coefficient (Wildman–Crippen LogP) is 4.35. The Hall–Kier alpha value is -2.58. The minimum Gasteiger partial charge on any atom is -0.489 e. The Labute approximate surface area is 137 Å².